The number of thiazole rings is 1. The number of halogens is 1. The van der Waals surface area contributed by atoms with Gasteiger partial charge in [0.2, 0.25) is 0 Å². The van der Waals surface area contributed by atoms with Gasteiger partial charge in [-0.25, -0.2) is 23.7 Å². The van der Waals surface area contributed by atoms with E-state index in [-0.39, 0.29) is 18.6 Å². The molecule has 0 aromatic carbocycles. The summed E-state index contributed by atoms with van der Waals surface area (Å²) >= 11 is 1.25. The van der Waals surface area contributed by atoms with Crippen LogP contribution in [0.15, 0.2) is 29.3 Å². The van der Waals surface area contributed by atoms with Crippen molar-refractivity contribution < 1.29 is 14.3 Å². The van der Waals surface area contributed by atoms with Gasteiger partial charge in [-0.1, -0.05) is 0 Å². The summed E-state index contributed by atoms with van der Waals surface area (Å²) in [5.41, 5.74) is 3.22. The van der Waals surface area contributed by atoms with Crippen LogP contribution in [0.2, 0.25) is 0 Å². The molecule has 4 aromatic heterocycles. The summed E-state index contributed by atoms with van der Waals surface area (Å²) in [4.78, 5) is 35.1. The van der Waals surface area contributed by atoms with Crippen LogP contribution >= 0.6 is 11.3 Å². The van der Waals surface area contributed by atoms with E-state index in [0.29, 0.717) is 27.6 Å². The minimum Gasteiger partial charge on any atom is -0.465 e. The van der Waals surface area contributed by atoms with Crippen LogP contribution in [-0.4, -0.2) is 59.3 Å². The standard InChI is InChI=1S/C20H19FN6O3S/c1-10-5-15(24-27-7-11(2)22-18(10)27)14-6-17(28)26-9-16(31-19(26)23-14)12-3-4-25(20(29)30)8-13(12)21/h5-7,9,12-13H,3-4,8H2,1-2H3,(H,29,30)/t12-,13+/m0/s1. The number of likely N-dealkylation sites (tertiary alicyclic amines) is 1. The van der Waals surface area contributed by atoms with Crippen molar-refractivity contribution in [3.63, 3.8) is 0 Å². The summed E-state index contributed by atoms with van der Waals surface area (Å²) in [7, 11) is 0. The van der Waals surface area contributed by atoms with Crippen molar-refractivity contribution in [1.29, 1.82) is 0 Å². The first-order valence-corrected chi connectivity index (χ1v) is 10.6. The average Bonchev–Trinajstić information content (AvgIpc) is 3.31. The van der Waals surface area contributed by atoms with E-state index in [1.165, 1.54) is 21.8 Å². The Kier molecular flexibility index (Phi) is 4.50. The molecule has 31 heavy (non-hydrogen) atoms. The van der Waals surface area contributed by atoms with Crippen molar-refractivity contribution in [1.82, 2.24) is 28.9 Å². The van der Waals surface area contributed by atoms with E-state index in [1.807, 2.05) is 26.1 Å². The van der Waals surface area contributed by atoms with Crippen LogP contribution in [0.4, 0.5) is 9.18 Å². The number of nitrogens with zero attached hydrogens (tertiary/aromatic N) is 6. The van der Waals surface area contributed by atoms with E-state index in [2.05, 4.69) is 15.1 Å². The maximum atomic E-state index is 14.7. The maximum absolute atomic E-state index is 14.7. The molecule has 5 heterocycles. The van der Waals surface area contributed by atoms with Gasteiger partial charge in [0.15, 0.2) is 10.6 Å². The minimum atomic E-state index is -1.33. The SMILES string of the molecule is Cc1cn2nc(-c3cc(=O)n4cc([C@H]5CCN(C(=O)O)C[C@H]5F)sc4n3)cc(C)c2n1. The topological polar surface area (TPSA) is 105 Å². The molecule has 1 aliphatic heterocycles. The van der Waals surface area contributed by atoms with Crippen LogP contribution in [-0.2, 0) is 0 Å². The molecule has 1 N–H and O–H groups in total. The molecule has 1 fully saturated rings. The Morgan fingerprint density at radius 1 is 1.23 bits per heavy atom. The molecule has 160 valence electrons. The third kappa shape index (κ3) is 3.34. The number of hydrogen-bond donors (Lipinski definition) is 1. The first kappa shape index (κ1) is 19.6. The van der Waals surface area contributed by atoms with E-state index >= 15 is 0 Å². The molecule has 1 amide bonds. The number of rotatable bonds is 2. The third-order valence-corrected chi connectivity index (χ3v) is 6.67. The van der Waals surface area contributed by atoms with Crippen molar-refractivity contribution in [3.05, 3.63) is 51.0 Å². The van der Waals surface area contributed by atoms with Gasteiger partial charge >= 0.3 is 6.09 Å². The normalized spacial score (nSPS) is 19.4. The molecule has 0 bridgehead atoms. The zero-order valence-electron chi connectivity index (χ0n) is 16.8. The molecule has 1 saturated heterocycles. The second kappa shape index (κ2) is 7.12. The number of carboxylic acid groups (broad SMARTS) is 1. The van der Waals surface area contributed by atoms with Crippen molar-refractivity contribution in [2.75, 3.05) is 13.1 Å². The Hall–Kier alpha value is -3.34. The van der Waals surface area contributed by atoms with Crippen LogP contribution < -0.4 is 5.56 Å². The molecule has 0 spiro atoms. The van der Waals surface area contributed by atoms with E-state index in [4.69, 9.17) is 5.11 Å². The van der Waals surface area contributed by atoms with Crippen LogP contribution in [0, 0.1) is 13.8 Å². The fourth-order valence-corrected chi connectivity index (χ4v) is 5.16. The van der Waals surface area contributed by atoms with Crippen molar-refractivity contribution >= 4 is 28.0 Å². The number of aryl methyl sites for hydroxylation is 2. The number of amides is 1. The highest BCUT2D eigenvalue weighted by Gasteiger charge is 2.34. The zero-order chi connectivity index (χ0) is 21.9. The lowest BCUT2D eigenvalue weighted by molar-refractivity contribution is 0.0969. The molecule has 4 aromatic rings. The summed E-state index contributed by atoms with van der Waals surface area (Å²) in [6.07, 6.45) is 1.34. The molecular formula is C20H19FN6O3S. The summed E-state index contributed by atoms with van der Waals surface area (Å²) in [6.45, 7) is 3.90. The number of piperidine rings is 1. The molecule has 2 atom stereocenters. The highest BCUT2D eigenvalue weighted by atomic mass is 32.1. The zero-order valence-corrected chi connectivity index (χ0v) is 17.6. The fourth-order valence-electron chi connectivity index (χ4n) is 3.99. The lowest BCUT2D eigenvalue weighted by atomic mass is 9.94. The smallest absolute Gasteiger partial charge is 0.407 e. The van der Waals surface area contributed by atoms with Gasteiger partial charge < -0.3 is 10.0 Å². The second-order valence-corrected chi connectivity index (χ2v) is 8.81. The van der Waals surface area contributed by atoms with E-state index in [9.17, 15) is 14.0 Å². The van der Waals surface area contributed by atoms with Gasteiger partial charge in [-0.15, -0.1) is 11.3 Å². The number of aromatic nitrogens is 5. The van der Waals surface area contributed by atoms with Gasteiger partial charge in [-0.2, -0.15) is 5.10 Å². The lowest BCUT2D eigenvalue weighted by Gasteiger charge is -2.32. The van der Waals surface area contributed by atoms with Gasteiger partial charge in [0.05, 0.1) is 24.1 Å². The Labute approximate surface area is 179 Å². The molecule has 0 unspecified atom stereocenters. The van der Waals surface area contributed by atoms with Gasteiger partial charge in [0, 0.05) is 29.6 Å². The van der Waals surface area contributed by atoms with Gasteiger partial charge in [0.1, 0.15) is 11.9 Å². The predicted octanol–water partition coefficient (Wildman–Crippen LogP) is 2.89. The van der Waals surface area contributed by atoms with Gasteiger partial charge in [-0.05, 0) is 31.9 Å². The maximum Gasteiger partial charge on any atom is 0.407 e. The van der Waals surface area contributed by atoms with Crippen molar-refractivity contribution in [2.45, 2.75) is 32.4 Å². The molecule has 11 heteroatoms. The Bertz CT molecular complexity index is 1390. The van der Waals surface area contributed by atoms with E-state index in [0.717, 1.165) is 21.8 Å². The second-order valence-electron chi connectivity index (χ2n) is 7.77. The summed E-state index contributed by atoms with van der Waals surface area (Å²) in [6, 6.07) is 3.26. The van der Waals surface area contributed by atoms with Crippen molar-refractivity contribution in [3.8, 4) is 11.4 Å². The molecule has 1 aliphatic rings. The summed E-state index contributed by atoms with van der Waals surface area (Å²) in [5, 5.41) is 13.6. The largest absolute Gasteiger partial charge is 0.465 e. The molecule has 0 saturated carbocycles. The summed E-state index contributed by atoms with van der Waals surface area (Å²) < 4.78 is 17.8. The first-order chi connectivity index (χ1) is 14.8. The molecule has 0 aliphatic carbocycles. The summed E-state index contributed by atoms with van der Waals surface area (Å²) in [5.74, 6) is -0.462. The van der Waals surface area contributed by atoms with Crippen LogP contribution in [0.5, 0.6) is 0 Å². The highest BCUT2D eigenvalue weighted by molar-refractivity contribution is 7.17. The minimum absolute atomic E-state index is 0.171. The first-order valence-electron chi connectivity index (χ1n) is 9.79. The Morgan fingerprint density at radius 3 is 2.77 bits per heavy atom. The Balaban J connectivity index is 1.54. The average molecular weight is 442 g/mol. The third-order valence-electron chi connectivity index (χ3n) is 5.55. The van der Waals surface area contributed by atoms with Crippen molar-refractivity contribution in [2.24, 2.45) is 0 Å². The molecule has 9 nitrogen and oxygen atoms in total. The fraction of sp³-hybridized carbons (Fsp3) is 0.350. The number of carbonyl (C=O) groups is 1. The molecule has 0 radical (unpaired) electrons. The molecule has 5 rings (SSSR count). The predicted molar refractivity (Wildman–Crippen MR) is 113 cm³/mol. The number of fused-ring (bicyclic) bond motifs is 2. The van der Waals surface area contributed by atoms with E-state index < -0.39 is 18.2 Å². The molecular weight excluding hydrogens is 423 g/mol. The highest BCUT2D eigenvalue weighted by Crippen LogP contribution is 2.34. The number of alkyl halides is 1. The lowest BCUT2D eigenvalue weighted by Crippen LogP contribution is -2.43. The Morgan fingerprint density at radius 2 is 2.03 bits per heavy atom. The number of hydrogen-bond acceptors (Lipinski definition) is 6. The van der Waals surface area contributed by atoms with Crippen LogP contribution in [0.25, 0.3) is 22.0 Å². The van der Waals surface area contributed by atoms with Crippen LogP contribution in [0.1, 0.15) is 28.5 Å². The van der Waals surface area contributed by atoms with Gasteiger partial charge in [0.25, 0.3) is 5.56 Å². The van der Waals surface area contributed by atoms with Gasteiger partial charge in [-0.3, -0.25) is 9.20 Å². The number of imidazole rings is 1. The monoisotopic (exact) mass is 442 g/mol. The van der Waals surface area contributed by atoms with E-state index in [1.54, 1.807) is 10.7 Å². The van der Waals surface area contributed by atoms with Crippen LogP contribution in [0.3, 0.4) is 0 Å². The quantitative estimate of drug-likeness (QED) is 0.512.